The van der Waals surface area contributed by atoms with Gasteiger partial charge in [-0.15, -0.1) is 0 Å². The molecule has 1 aliphatic rings. The summed E-state index contributed by atoms with van der Waals surface area (Å²) in [6, 6.07) is 7.58. The fourth-order valence-electron chi connectivity index (χ4n) is 4.20. The zero-order valence-electron chi connectivity index (χ0n) is 14.2. The Kier molecular flexibility index (Phi) is 3.23. The van der Waals surface area contributed by atoms with Gasteiger partial charge in [-0.25, -0.2) is 4.79 Å². The van der Waals surface area contributed by atoms with E-state index in [1.807, 2.05) is 22.9 Å². The standard InChI is InChI=1S/C20H20N2O2/c1-4-13-11(2)10-22-17(20(23)24)9-15-14-7-5-6-8-16(14)21-18(15)19(22)12(13)3/h5-8,10,17H,4,9H2,1-3H3,(H,23,24)/p+1. The van der Waals surface area contributed by atoms with Crippen LogP contribution in [0.3, 0.4) is 0 Å². The van der Waals surface area contributed by atoms with E-state index in [-0.39, 0.29) is 0 Å². The van der Waals surface area contributed by atoms with E-state index < -0.39 is 12.0 Å². The molecule has 1 aliphatic heterocycles. The monoisotopic (exact) mass is 321 g/mol. The first-order valence-electron chi connectivity index (χ1n) is 8.39. The van der Waals surface area contributed by atoms with Gasteiger partial charge in [0.05, 0.1) is 0 Å². The van der Waals surface area contributed by atoms with Crippen LogP contribution < -0.4 is 4.57 Å². The Morgan fingerprint density at radius 2 is 2.08 bits per heavy atom. The van der Waals surface area contributed by atoms with Crippen molar-refractivity contribution in [1.82, 2.24) is 4.98 Å². The van der Waals surface area contributed by atoms with Crippen LogP contribution in [0.4, 0.5) is 0 Å². The molecule has 4 nitrogen and oxygen atoms in total. The number of aliphatic carboxylic acids is 1. The number of rotatable bonds is 2. The van der Waals surface area contributed by atoms with Crippen LogP contribution in [0.2, 0.25) is 0 Å². The Bertz CT molecular complexity index is 985. The van der Waals surface area contributed by atoms with Gasteiger partial charge in [0.2, 0.25) is 5.69 Å². The minimum Gasteiger partial charge on any atom is -0.476 e. The molecule has 0 aliphatic carbocycles. The van der Waals surface area contributed by atoms with Crippen molar-refractivity contribution in [3.05, 3.63) is 52.7 Å². The second kappa shape index (κ2) is 5.20. The van der Waals surface area contributed by atoms with Crippen LogP contribution >= 0.6 is 0 Å². The quantitative estimate of drug-likeness (QED) is 0.710. The maximum Gasteiger partial charge on any atom is 0.373 e. The third kappa shape index (κ3) is 1.92. The number of carboxylic acid groups (broad SMARTS) is 1. The minimum absolute atomic E-state index is 0.511. The largest absolute Gasteiger partial charge is 0.476 e. The first kappa shape index (κ1) is 14.9. The summed E-state index contributed by atoms with van der Waals surface area (Å²) in [5.41, 5.74) is 7.91. The highest BCUT2D eigenvalue weighted by Crippen LogP contribution is 2.37. The number of nitrogens with one attached hydrogen (secondary N) is 1. The Morgan fingerprint density at radius 1 is 1.33 bits per heavy atom. The molecule has 0 saturated carbocycles. The molecular formula is C20H21N2O2+. The Labute approximate surface area is 140 Å². The van der Waals surface area contributed by atoms with E-state index in [1.165, 1.54) is 11.1 Å². The summed E-state index contributed by atoms with van der Waals surface area (Å²) < 4.78 is 1.95. The van der Waals surface area contributed by atoms with E-state index in [0.29, 0.717) is 6.42 Å². The summed E-state index contributed by atoms with van der Waals surface area (Å²) in [6.07, 6.45) is 3.46. The SMILES string of the molecule is CCc1c(C)c[n+]2c(c1C)-c1[nH]c3ccccc3c1CC2C(=O)O. The van der Waals surface area contributed by atoms with Gasteiger partial charge in [-0.1, -0.05) is 25.1 Å². The molecule has 0 spiro atoms. The lowest BCUT2D eigenvalue weighted by Gasteiger charge is -2.21. The number of carboxylic acids is 1. The van der Waals surface area contributed by atoms with Crippen molar-refractivity contribution in [2.75, 3.05) is 0 Å². The first-order chi connectivity index (χ1) is 11.5. The average Bonchev–Trinajstić information content (AvgIpc) is 2.92. The molecule has 122 valence electrons. The maximum absolute atomic E-state index is 11.9. The Hall–Kier alpha value is -2.62. The molecule has 2 N–H and O–H groups in total. The number of nitrogens with zero attached hydrogens (tertiary/aromatic N) is 1. The van der Waals surface area contributed by atoms with E-state index >= 15 is 0 Å². The normalized spacial score (nSPS) is 16.0. The van der Waals surface area contributed by atoms with Gasteiger partial charge >= 0.3 is 5.97 Å². The number of aryl methyl sites for hydroxylation is 1. The van der Waals surface area contributed by atoms with Gasteiger partial charge in [0, 0.05) is 28.5 Å². The predicted molar refractivity (Wildman–Crippen MR) is 93.2 cm³/mol. The molecule has 4 rings (SSSR count). The predicted octanol–water partition coefficient (Wildman–Crippen LogP) is 3.48. The van der Waals surface area contributed by atoms with E-state index in [0.717, 1.165) is 39.8 Å². The van der Waals surface area contributed by atoms with Crippen molar-refractivity contribution in [2.24, 2.45) is 0 Å². The van der Waals surface area contributed by atoms with Crippen LogP contribution in [0.5, 0.6) is 0 Å². The molecular weight excluding hydrogens is 300 g/mol. The van der Waals surface area contributed by atoms with Crippen molar-refractivity contribution >= 4 is 16.9 Å². The summed E-state index contributed by atoms with van der Waals surface area (Å²) in [6.45, 7) is 6.33. The van der Waals surface area contributed by atoms with Gasteiger partial charge in [-0.05, 0) is 37.5 Å². The van der Waals surface area contributed by atoms with Crippen molar-refractivity contribution < 1.29 is 14.5 Å². The fourth-order valence-corrected chi connectivity index (χ4v) is 4.20. The number of para-hydroxylation sites is 1. The first-order valence-corrected chi connectivity index (χ1v) is 8.39. The zero-order valence-corrected chi connectivity index (χ0v) is 14.2. The number of hydrogen-bond donors (Lipinski definition) is 2. The summed E-state index contributed by atoms with van der Waals surface area (Å²) in [4.78, 5) is 15.5. The zero-order chi connectivity index (χ0) is 17.0. The molecule has 1 unspecified atom stereocenters. The topological polar surface area (TPSA) is 57.0 Å². The van der Waals surface area contributed by atoms with Crippen LogP contribution in [-0.2, 0) is 17.6 Å². The lowest BCUT2D eigenvalue weighted by atomic mass is 9.90. The Balaban J connectivity index is 2.12. The summed E-state index contributed by atoms with van der Waals surface area (Å²) in [5, 5.41) is 10.9. The molecule has 0 saturated heterocycles. The van der Waals surface area contributed by atoms with E-state index in [4.69, 9.17) is 0 Å². The second-order valence-electron chi connectivity index (χ2n) is 6.61. The smallest absolute Gasteiger partial charge is 0.373 e. The van der Waals surface area contributed by atoms with Crippen LogP contribution in [0.15, 0.2) is 30.5 Å². The third-order valence-corrected chi connectivity index (χ3v) is 5.30. The molecule has 3 aromatic rings. The van der Waals surface area contributed by atoms with E-state index in [2.05, 4.69) is 37.9 Å². The van der Waals surface area contributed by atoms with Crippen molar-refractivity contribution in [2.45, 2.75) is 39.7 Å². The number of aromatic amines is 1. The average molecular weight is 321 g/mol. The van der Waals surface area contributed by atoms with Gasteiger partial charge in [-0.2, -0.15) is 4.57 Å². The van der Waals surface area contributed by atoms with Crippen molar-refractivity contribution in [3.63, 3.8) is 0 Å². The maximum atomic E-state index is 11.9. The number of pyridine rings is 1. The third-order valence-electron chi connectivity index (χ3n) is 5.30. The molecule has 4 heteroatoms. The molecule has 1 atom stereocenters. The number of benzene rings is 1. The highest BCUT2D eigenvalue weighted by atomic mass is 16.4. The molecule has 0 bridgehead atoms. The molecule has 0 amide bonds. The summed E-state index contributed by atoms with van der Waals surface area (Å²) >= 11 is 0. The van der Waals surface area contributed by atoms with E-state index in [1.54, 1.807) is 0 Å². The number of carbonyl (C=O) groups is 1. The van der Waals surface area contributed by atoms with Crippen LogP contribution in [0.1, 0.15) is 35.2 Å². The van der Waals surface area contributed by atoms with Crippen LogP contribution in [-0.4, -0.2) is 16.1 Å². The van der Waals surface area contributed by atoms with Crippen LogP contribution in [0, 0.1) is 13.8 Å². The molecule has 0 radical (unpaired) electrons. The van der Waals surface area contributed by atoms with Crippen LogP contribution in [0.25, 0.3) is 22.3 Å². The number of aromatic nitrogens is 2. The molecule has 2 aromatic heterocycles. The fraction of sp³-hybridized carbons (Fsp3) is 0.300. The highest BCUT2D eigenvalue weighted by Gasteiger charge is 2.40. The van der Waals surface area contributed by atoms with Gasteiger partial charge < -0.3 is 10.1 Å². The second-order valence-corrected chi connectivity index (χ2v) is 6.61. The van der Waals surface area contributed by atoms with Crippen molar-refractivity contribution in [1.29, 1.82) is 0 Å². The molecule has 0 fully saturated rings. The van der Waals surface area contributed by atoms with Gasteiger partial charge in [0.25, 0.3) is 6.04 Å². The van der Waals surface area contributed by atoms with Gasteiger partial charge in [0.15, 0.2) is 6.20 Å². The molecule has 1 aromatic carbocycles. The lowest BCUT2D eigenvalue weighted by Crippen LogP contribution is -2.50. The van der Waals surface area contributed by atoms with Crippen molar-refractivity contribution in [3.8, 4) is 11.4 Å². The number of fused-ring (bicyclic) bond motifs is 5. The number of H-pyrrole nitrogens is 1. The minimum atomic E-state index is -0.778. The molecule has 3 heterocycles. The van der Waals surface area contributed by atoms with E-state index in [9.17, 15) is 9.90 Å². The summed E-state index contributed by atoms with van der Waals surface area (Å²) in [7, 11) is 0. The molecule has 24 heavy (non-hydrogen) atoms. The Morgan fingerprint density at radius 3 is 2.79 bits per heavy atom. The summed E-state index contributed by atoms with van der Waals surface area (Å²) in [5.74, 6) is -0.778. The van der Waals surface area contributed by atoms with Gasteiger partial charge in [-0.3, -0.25) is 0 Å². The lowest BCUT2D eigenvalue weighted by molar-refractivity contribution is -0.702. The van der Waals surface area contributed by atoms with Gasteiger partial charge in [0.1, 0.15) is 5.69 Å². The highest BCUT2D eigenvalue weighted by molar-refractivity contribution is 5.91. The number of hydrogen-bond acceptors (Lipinski definition) is 1.